The number of fused-ring (bicyclic) bond motifs is 1. The van der Waals surface area contributed by atoms with E-state index >= 15 is 0 Å². The smallest absolute Gasteiger partial charge is 0.151 e. The SMILES string of the molecule is Clc1nc(C2CCCCC2)n2c1CNCC2. The van der Waals surface area contributed by atoms with Gasteiger partial charge in [-0.2, -0.15) is 0 Å². The summed E-state index contributed by atoms with van der Waals surface area (Å²) in [5, 5.41) is 4.07. The van der Waals surface area contributed by atoms with Crippen LogP contribution in [0.3, 0.4) is 0 Å². The zero-order valence-corrected chi connectivity index (χ0v) is 10.3. The van der Waals surface area contributed by atoms with Crippen LogP contribution in [0.4, 0.5) is 0 Å². The van der Waals surface area contributed by atoms with Crippen molar-refractivity contribution in [2.45, 2.75) is 51.1 Å². The summed E-state index contributed by atoms with van der Waals surface area (Å²) in [5.74, 6) is 1.90. The molecular weight excluding hydrogens is 222 g/mol. The van der Waals surface area contributed by atoms with Gasteiger partial charge in [0.25, 0.3) is 0 Å². The van der Waals surface area contributed by atoms with E-state index in [0.29, 0.717) is 11.1 Å². The summed E-state index contributed by atoms with van der Waals surface area (Å²) in [7, 11) is 0. The predicted molar refractivity (Wildman–Crippen MR) is 64.8 cm³/mol. The van der Waals surface area contributed by atoms with E-state index < -0.39 is 0 Å². The lowest BCUT2D eigenvalue weighted by atomic mass is 9.88. The quantitative estimate of drug-likeness (QED) is 0.817. The lowest BCUT2D eigenvalue weighted by Gasteiger charge is -2.24. The molecule has 0 saturated heterocycles. The van der Waals surface area contributed by atoms with Gasteiger partial charge in [0.05, 0.1) is 5.69 Å². The van der Waals surface area contributed by atoms with Crippen LogP contribution in [0.5, 0.6) is 0 Å². The molecule has 1 aromatic heterocycles. The third kappa shape index (κ3) is 1.76. The van der Waals surface area contributed by atoms with Gasteiger partial charge < -0.3 is 9.88 Å². The molecular formula is C12H18ClN3. The van der Waals surface area contributed by atoms with Crippen LogP contribution in [-0.4, -0.2) is 16.1 Å². The number of aromatic nitrogens is 2. The van der Waals surface area contributed by atoms with Gasteiger partial charge in [0.15, 0.2) is 5.15 Å². The Morgan fingerprint density at radius 2 is 2.06 bits per heavy atom. The highest BCUT2D eigenvalue weighted by atomic mass is 35.5. The number of rotatable bonds is 1. The average molecular weight is 240 g/mol. The third-order valence-electron chi connectivity index (χ3n) is 3.83. The van der Waals surface area contributed by atoms with Gasteiger partial charge in [-0.05, 0) is 12.8 Å². The number of nitrogens with one attached hydrogen (secondary N) is 1. The first kappa shape index (κ1) is 10.6. The van der Waals surface area contributed by atoms with E-state index in [0.717, 1.165) is 19.6 Å². The number of halogens is 1. The van der Waals surface area contributed by atoms with Crippen LogP contribution < -0.4 is 5.32 Å². The van der Waals surface area contributed by atoms with Crippen LogP contribution in [0, 0.1) is 0 Å². The molecule has 2 heterocycles. The second-order valence-electron chi connectivity index (χ2n) is 4.87. The maximum atomic E-state index is 6.21. The van der Waals surface area contributed by atoms with Gasteiger partial charge in [0.2, 0.25) is 0 Å². The van der Waals surface area contributed by atoms with E-state index in [1.165, 1.54) is 43.6 Å². The van der Waals surface area contributed by atoms with Crippen molar-refractivity contribution in [1.82, 2.24) is 14.9 Å². The highest BCUT2D eigenvalue weighted by Crippen LogP contribution is 2.34. The maximum Gasteiger partial charge on any atom is 0.151 e. The Kier molecular flexibility index (Phi) is 2.90. The number of hydrogen-bond donors (Lipinski definition) is 1. The predicted octanol–water partition coefficient (Wildman–Crippen LogP) is 2.69. The zero-order valence-electron chi connectivity index (χ0n) is 9.51. The Hall–Kier alpha value is -0.540. The lowest BCUT2D eigenvalue weighted by molar-refractivity contribution is 0.402. The van der Waals surface area contributed by atoms with Crippen LogP contribution in [0.2, 0.25) is 5.15 Å². The molecule has 0 atom stereocenters. The van der Waals surface area contributed by atoms with Crippen molar-refractivity contribution in [3.63, 3.8) is 0 Å². The Morgan fingerprint density at radius 1 is 1.25 bits per heavy atom. The highest BCUT2D eigenvalue weighted by Gasteiger charge is 2.25. The zero-order chi connectivity index (χ0) is 11.0. The van der Waals surface area contributed by atoms with Crippen LogP contribution in [-0.2, 0) is 13.1 Å². The van der Waals surface area contributed by atoms with Gasteiger partial charge in [0, 0.05) is 25.6 Å². The van der Waals surface area contributed by atoms with Crippen LogP contribution in [0.25, 0.3) is 0 Å². The molecule has 3 rings (SSSR count). The topological polar surface area (TPSA) is 29.9 Å². The molecule has 0 spiro atoms. The minimum atomic E-state index is 0.651. The number of nitrogens with zero attached hydrogens (tertiary/aromatic N) is 2. The molecule has 1 aliphatic heterocycles. The summed E-state index contributed by atoms with van der Waals surface area (Å²) < 4.78 is 2.36. The Labute approximate surface area is 101 Å². The summed E-state index contributed by atoms with van der Waals surface area (Å²) in [4.78, 5) is 4.60. The van der Waals surface area contributed by atoms with E-state index in [9.17, 15) is 0 Å². The summed E-state index contributed by atoms with van der Waals surface area (Å²) in [6.07, 6.45) is 6.67. The molecule has 16 heavy (non-hydrogen) atoms. The van der Waals surface area contributed by atoms with E-state index in [2.05, 4.69) is 14.9 Å². The molecule has 1 N–H and O–H groups in total. The molecule has 3 nitrogen and oxygen atoms in total. The first-order valence-corrected chi connectivity index (χ1v) is 6.69. The van der Waals surface area contributed by atoms with E-state index in [4.69, 9.17) is 11.6 Å². The number of imidazole rings is 1. The summed E-state index contributed by atoms with van der Waals surface area (Å²) in [6.45, 7) is 2.94. The standard InChI is InChI=1S/C12H18ClN3/c13-11-10-8-14-6-7-16(10)12(15-11)9-4-2-1-3-5-9/h9,14H,1-8H2. The minimum absolute atomic E-state index is 0.651. The second kappa shape index (κ2) is 4.38. The Balaban J connectivity index is 1.93. The van der Waals surface area contributed by atoms with E-state index in [1.807, 2.05) is 0 Å². The Morgan fingerprint density at radius 3 is 2.88 bits per heavy atom. The Bertz CT molecular complexity index is 380. The molecule has 88 valence electrons. The van der Waals surface area contributed by atoms with Crippen molar-refractivity contribution in [1.29, 1.82) is 0 Å². The van der Waals surface area contributed by atoms with Gasteiger partial charge >= 0.3 is 0 Å². The fourth-order valence-electron chi connectivity index (χ4n) is 2.96. The molecule has 0 bridgehead atoms. The van der Waals surface area contributed by atoms with Crippen molar-refractivity contribution < 1.29 is 0 Å². The normalized spacial score (nSPS) is 22.1. The largest absolute Gasteiger partial charge is 0.328 e. The van der Waals surface area contributed by atoms with Crippen molar-refractivity contribution in [3.8, 4) is 0 Å². The molecule has 4 heteroatoms. The second-order valence-corrected chi connectivity index (χ2v) is 5.23. The first-order chi connectivity index (χ1) is 7.86. The van der Waals surface area contributed by atoms with Crippen LogP contribution in [0.1, 0.15) is 49.5 Å². The molecule has 1 aromatic rings. The van der Waals surface area contributed by atoms with Crippen LogP contribution in [0.15, 0.2) is 0 Å². The van der Waals surface area contributed by atoms with Gasteiger partial charge in [-0.25, -0.2) is 4.98 Å². The molecule has 1 fully saturated rings. The van der Waals surface area contributed by atoms with Crippen molar-refractivity contribution in [2.24, 2.45) is 0 Å². The molecule has 0 unspecified atom stereocenters. The number of hydrogen-bond acceptors (Lipinski definition) is 2. The third-order valence-corrected chi connectivity index (χ3v) is 4.13. The first-order valence-electron chi connectivity index (χ1n) is 6.32. The molecule has 2 aliphatic rings. The van der Waals surface area contributed by atoms with E-state index in [1.54, 1.807) is 0 Å². The lowest BCUT2D eigenvalue weighted by Crippen LogP contribution is -2.29. The summed E-state index contributed by atoms with van der Waals surface area (Å²) in [5.41, 5.74) is 1.19. The summed E-state index contributed by atoms with van der Waals surface area (Å²) >= 11 is 6.21. The molecule has 0 amide bonds. The molecule has 0 aromatic carbocycles. The molecule has 1 aliphatic carbocycles. The van der Waals surface area contributed by atoms with Gasteiger partial charge in [-0.3, -0.25) is 0 Å². The fourth-order valence-corrected chi connectivity index (χ4v) is 3.22. The maximum absolute atomic E-state index is 6.21. The van der Waals surface area contributed by atoms with Crippen molar-refractivity contribution >= 4 is 11.6 Å². The van der Waals surface area contributed by atoms with E-state index in [-0.39, 0.29) is 0 Å². The molecule has 1 saturated carbocycles. The van der Waals surface area contributed by atoms with Gasteiger partial charge in [-0.15, -0.1) is 0 Å². The summed E-state index contributed by atoms with van der Waals surface area (Å²) in [6, 6.07) is 0. The average Bonchev–Trinajstić information content (AvgIpc) is 2.69. The monoisotopic (exact) mass is 239 g/mol. The van der Waals surface area contributed by atoms with Crippen molar-refractivity contribution in [2.75, 3.05) is 6.54 Å². The van der Waals surface area contributed by atoms with Gasteiger partial charge in [-0.1, -0.05) is 30.9 Å². The van der Waals surface area contributed by atoms with Crippen LogP contribution >= 0.6 is 11.6 Å². The minimum Gasteiger partial charge on any atom is -0.328 e. The van der Waals surface area contributed by atoms with Gasteiger partial charge in [0.1, 0.15) is 5.82 Å². The van der Waals surface area contributed by atoms with Crippen molar-refractivity contribution in [3.05, 3.63) is 16.7 Å². The molecule has 0 radical (unpaired) electrons. The fraction of sp³-hybridized carbons (Fsp3) is 0.750. The highest BCUT2D eigenvalue weighted by molar-refractivity contribution is 6.30.